The highest BCUT2D eigenvalue weighted by atomic mass is 16.5. The number of nitrogens with two attached hydrogens (primary N) is 1. The molecule has 0 aliphatic carbocycles. The summed E-state index contributed by atoms with van der Waals surface area (Å²) in [6.07, 6.45) is 0. The van der Waals surface area contributed by atoms with Crippen molar-refractivity contribution in [3.05, 3.63) is 65.7 Å². The van der Waals surface area contributed by atoms with Gasteiger partial charge in [-0.3, -0.25) is 0 Å². The fourth-order valence-corrected chi connectivity index (χ4v) is 1.77. The van der Waals surface area contributed by atoms with E-state index in [0.717, 1.165) is 5.56 Å². The van der Waals surface area contributed by atoms with Gasteiger partial charge in [0.1, 0.15) is 17.9 Å². The number of carboxylic acids is 1. The fourth-order valence-electron chi connectivity index (χ4n) is 1.77. The zero-order valence-corrected chi connectivity index (χ0v) is 11.2. The summed E-state index contributed by atoms with van der Waals surface area (Å²) in [7, 11) is 0. The smallest absolute Gasteiger partial charge is 0.328 e. The number of hydrogen-bond donors (Lipinski definition) is 2. The molecule has 0 spiro atoms. The summed E-state index contributed by atoms with van der Waals surface area (Å²) in [6.45, 7) is 1.89. The molecule has 1 unspecified atom stereocenters. The van der Waals surface area contributed by atoms with E-state index in [9.17, 15) is 4.79 Å². The molecular weight excluding hydrogens is 254 g/mol. The average molecular weight is 271 g/mol. The zero-order valence-electron chi connectivity index (χ0n) is 11.2. The highest BCUT2D eigenvalue weighted by molar-refractivity contribution is 5.80. The number of rotatable bonds is 5. The van der Waals surface area contributed by atoms with Gasteiger partial charge >= 0.3 is 5.97 Å². The van der Waals surface area contributed by atoms with Gasteiger partial charge in [-0.15, -0.1) is 0 Å². The van der Waals surface area contributed by atoms with E-state index in [1.54, 1.807) is 24.3 Å². The van der Waals surface area contributed by atoms with Crippen LogP contribution in [0.1, 0.15) is 18.1 Å². The van der Waals surface area contributed by atoms with Crippen LogP contribution in [0.25, 0.3) is 0 Å². The number of hydrogen-bond acceptors (Lipinski definition) is 3. The van der Waals surface area contributed by atoms with Gasteiger partial charge in [0.05, 0.1) is 0 Å². The van der Waals surface area contributed by atoms with E-state index >= 15 is 0 Å². The minimum absolute atomic E-state index is 0.429. The van der Waals surface area contributed by atoms with Gasteiger partial charge < -0.3 is 15.6 Å². The van der Waals surface area contributed by atoms with Crippen molar-refractivity contribution in [1.29, 1.82) is 0 Å². The topological polar surface area (TPSA) is 72.6 Å². The molecule has 2 aromatic carbocycles. The molecule has 0 fully saturated rings. The maximum absolute atomic E-state index is 11.1. The predicted molar refractivity (Wildman–Crippen MR) is 76.4 cm³/mol. The van der Waals surface area contributed by atoms with Gasteiger partial charge in [0.2, 0.25) is 0 Å². The third kappa shape index (κ3) is 3.16. The van der Waals surface area contributed by atoms with Gasteiger partial charge in [0, 0.05) is 0 Å². The van der Waals surface area contributed by atoms with Crippen molar-refractivity contribution in [1.82, 2.24) is 0 Å². The van der Waals surface area contributed by atoms with Crippen LogP contribution in [-0.4, -0.2) is 11.1 Å². The lowest BCUT2D eigenvalue weighted by molar-refractivity contribution is -0.143. The zero-order chi connectivity index (χ0) is 14.6. The van der Waals surface area contributed by atoms with Gasteiger partial charge in [0.25, 0.3) is 0 Å². The summed E-state index contributed by atoms with van der Waals surface area (Å²) in [5.74, 6) is -0.470. The Morgan fingerprint density at radius 3 is 2.55 bits per heavy atom. The van der Waals surface area contributed by atoms with Crippen molar-refractivity contribution < 1.29 is 14.6 Å². The third-order valence-corrected chi connectivity index (χ3v) is 3.13. The Kier molecular flexibility index (Phi) is 4.05. The summed E-state index contributed by atoms with van der Waals surface area (Å²) in [5, 5.41) is 9.13. The minimum Gasteiger partial charge on any atom is -0.489 e. The predicted octanol–water partition coefficient (Wildman–Crippen LogP) is 2.52. The lowest BCUT2D eigenvalue weighted by Crippen LogP contribution is -2.41. The Morgan fingerprint density at radius 2 is 1.90 bits per heavy atom. The van der Waals surface area contributed by atoms with E-state index in [4.69, 9.17) is 15.6 Å². The second-order valence-corrected chi connectivity index (χ2v) is 4.81. The Balaban J connectivity index is 2.13. The van der Waals surface area contributed by atoms with Gasteiger partial charge in [-0.25, -0.2) is 4.79 Å². The summed E-state index contributed by atoms with van der Waals surface area (Å²) >= 11 is 0. The normalized spacial score (nSPS) is 13.5. The first kappa shape index (κ1) is 14.1. The summed E-state index contributed by atoms with van der Waals surface area (Å²) < 4.78 is 5.66. The van der Waals surface area contributed by atoms with Crippen molar-refractivity contribution in [3.63, 3.8) is 0 Å². The highest BCUT2D eigenvalue weighted by Gasteiger charge is 2.30. The first-order valence-corrected chi connectivity index (χ1v) is 6.29. The lowest BCUT2D eigenvalue weighted by atomic mass is 9.93. The molecule has 0 aliphatic rings. The van der Waals surface area contributed by atoms with Crippen LogP contribution in [0.3, 0.4) is 0 Å². The molecule has 0 amide bonds. The lowest BCUT2D eigenvalue weighted by Gasteiger charge is -2.20. The highest BCUT2D eigenvalue weighted by Crippen LogP contribution is 2.23. The molecule has 4 nitrogen and oxygen atoms in total. The number of ether oxygens (including phenoxy) is 1. The number of aliphatic carboxylic acids is 1. The SMILES string of the molecule is CC(N)(C(=O)O)c1cccc(OCc2ccccc2)c1. The van der Waals surface area contributed by atoms with Gasteiger partial charge in [-0.1, -0.05) is 42.5 Å². The molecule has 0 aliphatic heterocycles. The molecule has 0 heterocycles. The van der Waals surface area contributed by atoms with E-state index in [1.807, 2.05) is 30.3 Å². The third-order valence-electron chi connectivity index (χ3n) is 3.13. The summed E-state index contributed by atoms with van der Waals surface area (Å²) in [6, 6.07) is 16.6. The van der Waals surface area contributed by atoms with Gasteiger partial charge in [-0.05, 0) is 30.2 Å². The molecule has 104 valence electrons. The van der Waals surface area contributed by atoms with Crippen molar-refractivity contribution in [2.45, 2.75) is 19.1 Å². The van der Waals surface area contributed by atoms with Crippen LogP contribution in [0.15, 0.2) is 54.6 Å². The first-order chi connectivity index (χ1) is 9.50. The number of carbonyl (C=O) groups is 1. The number of benzene rings is 2. The largest absolute Gasteiger partial charge is 0.489 e. The molecule has 0 radical (unpaired) electrons. The Hall–Kier alpha value is -2.33. The second-order valence-electron chi connectivity index (χ2n) is 4.81. The molecule has 4 heteroatoms. The molecule has 0 bridgehead atoms. The van der Waals surface area contributed by atoms with Crippen LogP contribution >= 0.6 is 0 Å². The van der Waals surface area contributed by atoms with Crippen molar-refractivity contribution in [3.8, 4) is 5.75 Å². The van der Waals surface area contributed by atoms with Crippen LogP contribution in [0.5, 0.6) is 5.75 Å². The monoisotopic (exact) mass is 271 g/mol. The Bertz CT molecular complexity index is 594. The standard InChI is InChI=1S/C16H17NO3/c1-16(17,15(18)19)13-8-5-9-14(10-13)20-11-12-6-3-2-4-7-12/h2-10H,11,17H2,1H3,(H,18,19). The van der Waals surface area contributed by atoms with Crippen LogP contribution < -0.4 is 10.5 Å². The van der Waals surface area contributed by atoms with Crippen molar-refractivity contribution >= 4 is 5.97 Å². The van der Waals surface area contributed by atoms with E-state index in [1.165, 1.54) is 6.92 Å². The quantitative estimate of drug-likeness (QED) is 0.876. The molecule has 0 aromatic heterocycles. The Labute approximate surface area is 117 Å². The number of carboxylic acid groups (broad SMARTS) is 1. The molecular formula is C16H17NO3. The molecule has 0 saturated heterocycles. The van der Waals surface area contributed by atoms with Crippen LogP contribution in [0.2, 0.25) is 0 Å². The van der Waals surface area contributed by atoms with E-state index in [0.29, 0.717) is 17.9 Å². The van der Waals surface area contributed by atoms with Crippen molar-refractivity contribution in [2.24, 2.45) is 5.73 Å². The maximum atomic E-state index is 11.1. The second kappa shape index (κ2) is 5.75. The molecule has 2 rings (SSSR count). The molecule has 20 heavy (non-hydrogen) atoms. The minimum atomic E-state index is -1.42. The summed E-state index contributed by atoms with van der Waals surface area (Å²) in [4.78, 5) is 11.1. The van der Waals surface area contributed by atoms with E-state index in [-0.39, 0.29) is 0 Å². The molecule has 2 aromatic rings. The molecule has 3 N–H and O–H groups in total. The van der Waals surface area contributed by atoms with Crippen molar-refractivity contribution in [2.75, 3.05) is 0 Å². The average Bonchev–Trinajstić information content (AvgIpc) is 2.46. The summed E-state index contributed by atoms with van der Waals surface area (Å²) in [5.41, 5.74) is 5.94. The van der Waals surface area contributed by atoms with Gasteiger partial charge in [0.15, 0.2) is 0 Å². The van der Waals surface area contributed by atoms with Gasteiger partial charge in [-0.2, -0.15) is 0 Å². The Morgan fingerprint density at radius 1 is 1.20 bits per heavy atom. The van der Waals surface area contributed by atoms with Crippen LogP contribution in [-0.2, 0) is 16.9 Å². The van der Waals surface area contributed by atoms with Crippen LogP contribution in [0.4, 0.5) is 0 Å². The maximum Gasteiger partial charge on any atom is 0.328 e. The van der Waals surface area contributed by atoms with E-state index in [2.05, 4.69) is 0 Å². The fraction of sp³-hybridized carbons (Fsp3) is 0.188. The first-order valence-electron chi connectivity index (χ1n) is 6.29. The molecule has 0 saturated carbocycles. The van der Waals surface area contributed by atoms with E-state index < -0.39 is 11.5 Å². The molecule has 1 atom stereocenters. The van der Waals surface area contributed by atoms with Crippen LogP contribution in [0, 0.1) is 0 Å².